The van der Waals surface area contributed by atoms with Crippen LogP contribution in [0.4, 0.5) is 15.8 Å². The Morgan fingerprint density at radius 3 is 2.56 bits per heavy atom. The number of benzene rings is 2. The fourth-order valence-corrected chi connectivity index (χ4v) is 9.24. The lowest BCUT2D eigenvalue weighted by Crippen LogP contribution is -2.61. The highest BCUT2D eigenvalue weighted by Crippen LogP contribution is 2.54. The molecule has 1 saturated heterocycles. The number of Topliss-reactive ketones (excluding diaryl/α,β-unsaturated/α-hetero) is 1. The van der Waals surface area contributed by atoms with Crippen LogP contribution in [-0.4, -0.2) is 50.3 Å². The van der Waals surface area contributed by atoms with Crippen molar-refractivity contribution in [2.45, 2.75) is 41.6 Å². The van der Waals surface area contributed by atoms with E-state index in [1.54, 1.807) is 17.0 Å². The molecule has 11 nitrogen and oxygen atoms in total. The Balaban J connectivity index is 1.21. The lowest BCUT2D eigenvalue weighted by molar-refractivity contribution is -0.153. The number of nitrogens with zero attached hydrogens (tertiary/aromatic N) is 3. The number of pyridine rings is 1. The number of anilines is 2. The summed E-state index contributed by atoms with van der Waals surface area (Å²) in [5, 5.41) is 2.89. The molecule has 1 amide bonds. The average molecular weight is 624 g/mol. The topological polar surface area (TPSA) is 155 Å². The largest absolute Gasteiger partial charge is 0.341 e. The molecule has 7 rings (SSSR count). The number of amidine groups is 1. The van der Waals surface area contributed by atoms with Crippen molar-refractivity contribution in [1.82, 2.24) is 9.88 Å². The van der Waals surface area contributed by atoms with E-state index in [4.69, 9.17) is 0 Å². The minimum absolute atomic E-state index is 0.0215. The van der Waals surface area contributed by atoms with Gasteiger partial charge in [0.2, 0.25) is 5.91 Å². The highest BCUT2D eigenvalue weighted by Gasteiger charge is 2.60. The van der Waals surface area contributed by atoms with Gasteiger partial charge in [-0.1, -0.05) is 12.1 Å². The molecule has 2 aromatic carbocycles. The molecule has 3 heterocycles. The van der Waals surface area contributed by atoms with E-state index >= 15 is 0 Å². The van der Waals surface area contributed by atoms with Crippen LogP contribution in [0.1, 0.15) is 24.8 Å². The third-order valence-electron chi connectivity index (χ3n) is 8.85. The van der Waals surface area contributed by atoms with Gasteiger partial charge >= 0.3 is 0 Å². The number of amides is 1. The smallest absolute Gasteiger partial charge is 0.286 e. The van der Waals surface area contributed by atoms with Crippen molar-refractivity contribution in [3.05, 3.63) is 78.4 Å². The number of hydrogen-bond donors (Lipinski definition) is 2. The second kappa shape index (κ2) is 9.95. The van der Waals surface area contributed by atoms with Gasteiger partial charge in [-0.15, -0.1) is 4.40 Å². The molecule has 5 atom stereocenters. The second-order valence-corrected chi connectivity index (χ2v) is 14.6. The first-order valence-corrected chi connectivity index (χ1v) is 16.7. The summed E-state index contributed by atoms with van der Waals surface area (Å²) in [6, 6.07) is 12.2. The quantitative estimate of drug-likeness (QED) is 0.397. The number of ketones is 1. The van der Waals surface area contributed by atoms with Gasteiger partial charge in [-0.3, -0.25) is 19.3 Å². The highest BCUT2D eigenvalue weighted by molar-refractivity contribution is 7.92. The molecule has 2 N–H and O–H groups in total. The molecule has 1 unspecified atom stereocenters. The molecule has 3 aromatic rings. The van der Waals surface area contributed by atoms with Crippen LogP contribution in [0.15, 0.2) is 81.2 Å². The number of nitrogens with one attached hydrogen (secondary N) is 2. The number of carbonyl (C=O) groups is 2. The Morgan fingerprint density at radius 2 is 1.81 bits per heavy atom. The zero-order valence-corrected chi connectivity index (χ0v) is 24.2. The van der Waals surface area contributed by atoms with E-state index in [-0.39, 0.29) is 57.2 Å². The monoisotopic (exact) mass is 623 g/mol. The van der Waals surface area contributed by atoms with Crippen LogP contribution < -0.4 is 10.0 Å². The molecule has 2 aliphatic carbocycles. The van der Waals surface area contributed by atoms with Crippen LogP contribution in [0.3, 0.4) is 0 Å². The van der Waals surface area contributed by atoms with Gasteiger partial charge in [-0.2, -0.15) is 8.42 Å². The maximum Gasteiger partial charge on any atom is 0.286 e. The van der Waals surface area contributed by atoms with E-state index in [2.05, 4.69) is 19.4 Å². The Bertz CT molecular complexity index is 1900. The molecule has 2 saturated carbocycles. The zero-order chi connectivity index (χ0) is 30.1. The Morgan fingerprint density at radius 1 is 1.05 bits per heavy atom. The van der Waals surface area contributed by atoms with Crippen LogP contribution in [0.5, 0.6) is 0 Å². The van der Waals surface area contributed by atoms with Crippen LogP contribution in [0.2, 0.25) is 0 Å². The summed E-state index contributed by atoms with van der Waals surface area (Å²) >= 11 is 0. The predicted molar refractivity (Wildman–Crippen MR) is 153 cm³/mol. The molecule has 3 fully saturated rings. The van der Waals surface area contributed by atoms with Crippen molar-refractivity contribution in [1.29, 1.82) is 0 Å². The summed E-state index contributed by atoms with van der Waals surface area (Å²) in [6.45, 7) is 0.157. The van der Waals surface area contributed by atoms with Crippen LogP contribution in [-0.2, 0) is 36.2 Å². The van der Waals surface area contributed by atoms with Gasteiger partial charge < -0.3 is 10.2 Å². The fraction of sp³-hybridized carbons (Fsp3) is 0.310. The van der Waals surface area contributed by atoms with Gasteiger partial charge in [0.15, 0.2) is 11.7 Å². The van der Waals surface area contributed by atoms with Gasteiger partial charge in [-0.25, -0.2) is 12.8 Å². The van der Waals surface area contributed by atoms with Gasteiger partial charge in [0.1, 0.15) is 21.4 Å². The highest BCUT2D eigenvalue weighted by atomic mass is 32.2. The molecule has 2 aliphatic heterocycles. The van der Waals surface area contributed by atoms with Crippen molar-refractivity contribution >= 4 is 48.9 Å². The van der Waals surface area contributed by atoms with E-state index in [0.29, 0.717) is 5.56 Å². The Labute approximate surface area is 247 Å². The Kier molecular flexibility index (Phi) is 6.40. The van der Waals surface area contributed by atoms with Crippen molar-refractivity contribution < 1.29 is 30.8 Å². The summed E-state index contributed by atoms with van der Waals surface area (Å²) in [6.07, 6.45) is 5.17. The lowest BCUT2D eigenvalue weighted by atomic mass is 9.73. The third kappa shape index (κ3) is 4.68. The predicted octanol–water partition coefficient (Wildman–Crippen LogP) is 3.18. The first kappa shape index (κ1) is 27.7. The summed E-state index contributed by atoms with van der Waals surface area (Å²) in [5.74, 6) is -3.21. The number of fused-ring (bicyclic) bond motifs is 6. The third-order valence-corrected chi connectivity index (χ3v) is 11.5. The minimum Gasteiger partial charge on any atom is -0.341 e. The van der Waals surface area contributed by atoms with Gasteiger partial charge in [0, 0.05) is 30.9 Å². The van der Waals surface area contributed by atoms with Gasteiger partial charge in [0.25, 0.3) is 20.0 Å². The molecule has 2 bridgehead atoms. The van der Waals surface area contributed by atoms with Crippen LogP contribution >= 0.6 is 0 Å². The number of carbonyl (C=O) groups excluding carboxylic acids is 2. The average Bonchev–Trinajstić information content (AvgIpc) is 3.60. The maximum absolute atomic E-state index is 14.0. The van der Waals surface area contributed by atoms with E-state index in [9.17, 15) is 30.8 Å². The molecule has 222 valence electrons. The number of rotatable bonds is 6. The maximum atomic E-state index is 14.0. The fourth-order valence-electron chi connectivity index (χ4n) is 7.05. The van der Waals surface area contributed by atoms with Gasteiger partial charge in [-0.05, 0) is 79.1 Å². The van der Waals surface area contributed by atoms with Crippen molar-refractivity contribution in [2.24, 2.45) is 28.1 Å². The molecule has 0 spiro atoms. The second-order valence-electron chi connectivity index (χ2n) is 11.4. The van der Waals surface area contributed by atoms with Crippen molar-refractivity contribution in [3.63, 3.8) is 0 Å². The van der Waals surface area contributed by atoms with E-state index < -0.39 is 43.6 Å². The number of halogens is 1. The lowest BCUT2D eigenvalue weighted by Gasteiger charge is -2.45. The molecule has 0 radical (unpaired) electrons. The summed E-state index contributed by atoms with van der Waals surface area (Å²) < 4.78 is 72.1. The van der Waals surface area contributed by atoms with E-state index in [0.717, 1.165) is 31.5 Å². The van der Waals surface area contributed by atoms with Crippen LogP contribution in [0, 0.1) is 29.5 Å². The first-order chi connectivity index (χ1) is 20.5. The number of piperidine rings is 1. The van der Waals surface area contributed by atoms with E-state index in [1.807, 2.05) is 0 Å². The molecule has 43 heavy (non-hydrogen) atoms. The molecular weight excluding hydrogens is 597 g/mol. The molecule has 14 heteroatoms. The molecular formula is C29H26FN5O6S2. The first-order valence-electron chi connectivity index (χ1n) is 13.8. The molecule has 4 aliphatic rings. The number of hydrogen-bond acceptors (Lipinski definition) is 8. The van der Waals surface area contributed by atoms with Crippen molar-refractivity contribution in [3.8, 4) is 0 Å². The summed E-state index contributed by atoms with van der Waals surface area (Å²) in [4.78, 5) is 33.0. The zero-order valence-electron chi connectivity index (χ0n) is 22.6. The van der Waals surface area contributed by atoms with Crippen LogP contribution in [0.25, 0.3) is 0 Å². The van der Waals surface area contributed by atoms with E-state index in [1.165, 1.54) is 42.6 Å². The molecule has 1 aromatic heterocycles. The number of likely N-dealkylation sites (tertiary alicyclic amines) is 1. The summed E-state index contributed by atoms with van der Waals surface area (Å²) in [5.41, 5.74) is 0.740. The standard InChI is InChI=1S/C29H26FN5O6S2/c30-19-7-3-16(4-8-19)15-35-26-18-6-5-17(12-18)24(26)27(36)25(29(35)37)28-32-22-10-9-20(13-23(22)43(40,41)34-28)33-42(38,39)21-2-1-11-31-14-21/h1-4,7-11,13-14,17-18,24-26,33H,5-6,12,15H2,(H,32,34)/t17-,18+,24+,25?,26-/m0/s1. The summed E-state index contributed by atoms with van der Waals surface area (Å²) in [7, 11) is -8.48. The minimum atomic E-state index is -4.43. The van der Waals surface area contributed by atoms with Gasteiger partial charge in [0.05, 0.1) is 11.4 Å². The Hall–Kier alpha value is -4.17. The normalized spacial score (nSPS) is 27.2. The number of sulfonamides is 2. The van der Waals surface area contributed by atoms with Crippen molar-refractivity contribution in [2.75, 3.05) is 10.0 Å². The SMILES string of the molecule is O=C1C(C2=NS(=O)(=O)c3cc(NS(=O)(=O)c4cccnc4)ccc3N2)C(=O)N(Cc2ccc(F)cc2)[C@H]2[C@@H]3CC[C@@H](C3)[C@@H]12. The number of aromatic nitrogens is 1.